The van der Waals surface area contributed by atoms with Crippen molar-refractivity contribution in [3.8, 4) is 5.75 Å². The van der Waals surface area contributed by atoms with Crippen LogP contribution in [-0.4, -0.2) is 9.38 Å². The molecule has 0 fully saturated rings. The van der Waals surface area contributed by atoms with Gasteiger partial charge in [-0.05, 0) is 46.6 Å². The van der Waals surface area contributed by atoms with Crippen molar-refractivity contribution in [3.05, 3.63) is 64.7 Å². The Kier molecular flexibility index (Phi) is 3.25. The molecule has 2 heterocycles. The number of hydrogen-bond acceptors (Lipinski definition) is 2. The summed E-state index contributed by atoms with van der Waals surface area (Å²) in [6.45, 7) is 2.49. The lowest BCUT2D eigenvalue weighted by Crippen LogP contribution is -2.02. The van der Waals surface area contributed by atoms with Crippen LogP contribution in [-0.2, 0) is 6.61 Å². The molecule has 1 aromatic carbocycles. The van der Waals surface area contributed by atoms with E-state index in [9.17, 15) is 0 Å². The summed E-state index contributed by atoms with van der Waals surface area (Å²) in [6, 6.07) is 12.0. The summed E-state index contributed by atoms with van der Waals surface area (Å²) < 4.78 is 8.88. The number of benzene rings is 1. The SMILES string of the molecule is Cc1ccccc1OCc1ncc2ccc(Br)cn12. The molecule has 4 heteroatoms. The molecule has 0 amide bonds. The van der Waals surface area contributed by atoms with Gasteiger partial charge in [-0.1, -0.05) is 18.2 Å². The van der Waals surface area contributed by atoms with Gasteiger partial charge in [-0.15, -0.1) is 0 Å². The largest absolute Gasteiger partial charge is 0.485 e. The molecule has 3 nitrogen and oxygen atoms in total. The van der Waals surface area contributed by atoms with Gasteiger partial charge in [-0.25, -0.2) is 4.98 Å². The number of hydrogen-bond donors (Lipinski definition) is 0. The second-order valence-electron chi connectivity index (χ2n) is 4.37. The maximum Gasteiger partial charge on any atom is 0.151 e. The number of imidazole rings is 1. The molecule has 2 aromatic heterocycles. The number of para-hydroxylation sites is 1. The highest BCUT2D eigenvalue weighted by Crippen LogP contribution is 2.19. The summed E-state index contributed by atoms with van der Waals surface area (Å²) >= 11 is 3.47. The summed E-state index contributed by atoms with van der Waals surface area (Å²) in [5, 5.41) is 0. The van der Waals surface area contributed by atoms with E-state index >= 15 is 0 Å². The quantitative estimate of drug-likeness (QED) is 0.730. The summed E-state index contributed by atoms with van der Waals surface area (Å²) in [6.07, 6.45) is 3.85. The number of rotatable bonds is 3. The van der Waals surface area contributed by atoms with Crippen LogP contribution in [0.2, 0.25) is 0 Å². The van der Waals surface area contributed by atoms with E-state index in [1.54, 1.807) is 0 Å². The summed E-state index contributed by atoms with van der Waals surface area (Å²) in [5.41, 5.74) is 2.19. The summed E-state index contributed by atoms with van der Waals surface area (Å²) in [4.78, 5) is 4.40. The maximum atomic E-state index is 5.83. The van der Waals surface area contributed by atoms with E-state index in [0.717, 1.165) is 27.1 Å². The fourth-order valence-corrected chi connectivity index (χ4v) is 2.32. The zero-order chi connectivity index (χ0) is 13.2. The monoisotopic (exact) mass is 316 g/mol. The molecule has 0 radical (unpaired) electrons. The third kappa shape index (κ3) is 2.49. The zero-order valence-corrected chi connectivity index (χ0v) is 12.1. The number of ether oxygens (including phenoxy) is 1. The normalized spacial score (nSPS) is 10.8. The molecule has 0 aliphatic carbocycles. The smallest absolute Gasteiger partial charge is 0.151 e. The van der Waals surface area contributed by atoms with E-state index in [2.05, 4.69) is 20.9 Å². The highest BCUT2D eigenvalue weighted by Gasteiger charge is 2.05. The number of aryl methyl sites for hydroxylation is 1. The Morgan fingerprint density at radius 1 is 1.21 bits per heavy atom. The first-order valence-corrected chi connectivity index (χ1v) is 6.83. The highest BCUT2D eigenvalue weighted by molar-refractivity contribution is 9.10. The standard InChI is InChI=1S/C15H13BrN2O/c1-11-4-2-3-5-14(11)19-10-15-17-8-13-7-6-12(16)9-18(13)15/h2-9H,10H2,1H3. The first kappa shape index (κ1) is 12.2. The van der Waals surface area contributed by atoms with Crippen LogP contribution in [0, 0.1) is 6.92 Å². The lowest BCUT2D eigenvalue weighted by molar-refractivity contribution is 0.293. The molecular weight excluding hydrogens is 304 g/mol. The van der Waals surface area contributed by atoms with Gasteiger partial charge in [0.15, 0.2) is 5.82 Å². The van der Waals surface area contributed by atoms with Crippen molar-refractivity contribution in [2.45, 2.75) is 13.5 Å². The summed E-state index contributed by atoms with van der Waals surface area (Å²) in [5.74, 6) is 1.79. The van der Waals surface area contributed by atoms with Crippen molar-refractivity contribution in [2.24, 2.45) is 0 Å². The van der Waals surface area contributed by atoms with Crippen molar-refractivity contribution < 1.29 is 4.74 Å². The van der Waals surface area contributed by atoms with Crippen molar-refractivity contribution in [2.75, 3.05) is 0 Å². The van der Waals surface area contributed by atoms with Crippen molar-refractivity contribution in [1.29, 1.82) is 0 Å². The predicted molar refractivity (Wildman–Crippen MR) is 78.4 cm³/mol. The van der Waals surface area contributed by atoms with Crippen molar-refractivity contribution in [3.63, 3.8) is 0 Å². The van der Waals surface area contributed by atoms with Crippen LogP contribution in [0.3, 0.4) is 0 Å². The van der Waals surface area contributed by atoms with Gasteiger partial charge >= 0.3 is 0 Å². The summed E-state index contributed by atoms with van der Waals surface area (Å²) in [7, 11) is 0. The van der Waals surface area contributed by atoms with Crippen LogP contribution in [0.15, 0.2) is 53.3 Å². The fourth-order valence-electron chi connectivity index (χ4n) is 1.99. The Labute approximate surface area is 120 Å². The molecule has 3 rings (SSSR count). The van der Waals surface area contributed by atoms with Crippen LogP contribution in [0.4, 0.5) is 0 Å². The van der Waals surface area contributed by atoms with Crippen LogP contribution in [0.1, 0.15) is 11.4 Å². The van der Waals surface area contributed by atoms with Gasteiger partial charge in [-0.2, -0.15) is 0 Å². The van der Waals surface area contributed by atoms with Gasteiger partial charge in [0, 0.05) is 10.7 Å². The number of pyridine rings is 1. The molecule has 0 saturated carbocycles. The van der Waals surface area contributed by atoms with Gasteiger partial charge in [0.2, 0.25) is 0 Å². The number of aromatic nitrogens is 2. The van der Waals surface area contributed by atoms with Crippen LogP contribution in [0.25, 0.3) is 5.52 Å². The average molecular weight is 317 g/mol. The zero-order valence-electron chi connectivity index (χ0n) is 10.5. The van der Waals surface area contributed by atoms with E-state index in [0.29, 0.717) is 6.61 Å². The Hall–Kier alpha value is -1.81. The highest BCUT2D eigenvalue weighted by atomic mass is 79.9. The molecule has 0 aliphatic rings. The van der Waals surface area contributed by atoms with Crippen LogP contribution >= 0.6 is 15.9 Å². The van der Waals surface area contributed by atoms with E-state index in [-0.39, 0.29) is 0 Å². The van der Waals surface area contributed by atoms with Gasteiger partial charge in [0.1, 0.15) is 12.4 Å². The Morgan fingerprint density at radius 3 is 2.89 bits per heavy atom. The average Bonchev–Trinajstić information content (AvgIpc) is 2.80. The fraction of sp³-hybridized carbons (Fsp3) is 0.133. The van der Waals surface area contributed by atoms with E-state index < -0.39 is 0 Å². The Bertz CT molecular complexity index is 721. The maximum absolute atomic E-state index is 5.83. The van der Waals surface area contributed by atoms with Crippen LogP contribution in [0.5, 0.6) is 5.75 Å². The first-order valence-electron chi connectivity index (χ1n) is 6.04. The van der Waals surface area contributed by atoms with Gasteiger partial charge < -0.3 is 4.74 Å². The number of halogens is 1. The molecule has 0 aliphatic heterocycles. The van der Waals surface area contributed by atoms with E-state index in [4.69, 9.17) is 4.74 Å². The second-order valence-corrected chi connectivity index (χ2v) is 5.29. The third-order valence-electron chi connectivity index (χ3n) is 3.02. The molecule has 3 aromatic rings. The minimum atomic E-state index is 0.454. The van der Waals surface area contributed by atoms with Crippen molar-refractivity contribution in [1.82, 2.24) is 9.38 Å². The van der Waals surface area contributed by atoms with Crippen molar-refractivity contribution >= 4 is 21.4 Å². The minimum Gasteiger partial charge on any atom is -0.485 e. The third-order valence-corrected chi connectivity index (χ3v) is 3.49. The lowest BCUT2D eigenvalue weighted by Gasteiger charge is -2.08. The topological polar surface area (TPSA) is 26.5 Å². The van der Waals surface area contributed by atoms with Crippen LogP contribution < -0.4 is 4.74 Å². The molecule has 0 saturated heterocycles. The number of nitrogens with zero attached hydrogens (tertiary/aromatic N) is 2. The molecule has 96 valence electrons. The first-order chi connectivity index (χ1) is 9.24. The van der Waals surface area contributed by atoms with E-state index in [1.807, 2.05) is 60.1 Å². The minimum absolute atomic E-state index is 0.454. The molecule has 0 bridgehead atoms. The lowest BCUT2D eigenvalue weighted by atomic mass is 10.2. The van der Waals surface area contributed by atoms with Gasteiger partial charge in [0.05, 0.1) is 11.7 Å². The Balaban J connectivity index is 1.86. The second kappa shape index (κ2) is 5.05. The molecular formula is C15H13BrN2O. The predicted octanol–water partition coefficient (Wildman–Crippen LogP) is 3.98. The molecule has 19 heavy (non-hydrogen) atoms. The molecule has 0 N–H and O–H groups in total. The Morgan fingerprint density at radius 2 is 2.05 bits per heavy atom. The molecule has 0 spiro atoms. The van der Waals surface area contributed by atoms with E-state index in [1.165, 1.54) is 0 Å². The molecule has 0 unspecified atom stereocenters. The van der Waals surface area contributed by atoms with Gasteiger partial charge in [-0.3, -0.25) is 4.40 Å². The number of fused-ring (bicyclic) bond motifs is 1. The molecule has 0 atom stereocenters. The van der Waals surface area contributed by atoms with Gasteiger partial charge in [0.25, 0.3) is 0 Å².